The van der Waals surface area contributed by atoms with Gasteiger partial charge in [-0.1, -0.05) is 36.4 Å². The average Bonchev–Trinajstić information content (AvgIpc) is 2.77. The fourth-order valence-corrected chi connectivity index (χ4v) is 2.65. The largest absolute Gasteiger partial charge is 0.493 e. The molecule has 0 unspecified atom stereocenters. The lowest BCUT2D eigenvalue weighted by Gasteiger charge is -2.08. The molecule has 148 valence electrons. The molecule has 0 heterocycles. The van der Waals surface area contributed by atoms with Crippen molar-refractivity contribution in [3.63, 3.8) is 0 Å². The van der Waals surface area contributed by atoms with Gasteiger partial charge in [0.25, 0.3) is 0 Å². The maximum absolute atomic E-state index is 12.0. The third kappa shape index (κ3) is 5.87. The third-order valence-corrected chi connectivity index (χ3v) is 4.08. The Morgan fingerprint density at radius 1 is 0.828 bits per heavy atom. The molecule has 3 aromatic carbocycles. The Labute approximate surface area is 170 Å². The number of benzene rings is 3. The van der Waals surface area contributed by atoms with Crippen molar-refractivity contribution < 1.29 is 23.7 Å². The topological polar surface area (TPSA) is 54.0 Å². The predicted molar refractivity (Wildman–Crippen MR) is 111 cm³/mol. The number of rotatable bonds is 8. The first-order chi connectivity index (χ1) is 14.2. The molecule has 3 aromatic rings. The minimum Gasteiger partial charge on any atom is -0.493 e. The molecule has 0 N–H and O–H groups in total. The van der Waals surface area contributed by atoms with E-state index in [9.17, 15) is 4.79 Å². The number of hydrogen-bond acceptors (Lipinski definition) is 5. The van der Waals surface area contributed by atoms with Crippen molar-refractivity contribution in [1.82, 2.24) is 0 Å². The van der Waals surface area contributed by atoms with E-state index >= 15 is 0 Å². The van der Waals surface area contributed by atoms with Gasteiger partial charge in [-0.15, -0.1) is 0 Å². The monoisotopic (exact) mass is 390 g/mol. The lowest BCUT2D eigenvalue weighted by Crippen LogP contribution is -2.01. The lowest BCUT2D eigenvalue weighted by atomic mass is 10.2. The average molecular weight is 390 g/mol. The summed E-state index contributed by atoms with van der Waals surface area (Å²) in [6, 6.07) is 22.3. The molecule has 0 saturated carbocycles. The van der Waals surface area contributed by atoms with Crippen molar-refractivity contribution >= 4 is 12.0 Å². The van der Waals surface area contributed by atoms with E-state index < -0.39 is 5.97 Å². The molecule has 29 heavy (non-hydrogen) atoms. The fraction of sp³-hybridized carbons (Fsp3) is 0.125. The highest BCUT2D eigenvalue weighted by molar-refractivity contribution is 5.87. The molecule has 0 spiro atoms. The van der Waals surface area contributed by atoms with Crippen LogP contribution >= 0.6 is 0 Å². The minimum absolute atomic E-state index is 0.154. The molecule has 5 heteroatoms. The number of carbonyl (C=O) groups excluding carboxylic acids is 1. The van der Waals surface area contributed by atoms with Crippen LogP contribution in [-0.2, 0) is 16.1 Å². The Morgan fingerprint density at radius 3 is 2.34 bits per heavy atom. The lowest BCUT2D eigenvalue weighted by molar-refractivity contribution is -0.138. The Kier molecular flexibility index (Phi) is 6.90. The van der Waals surface area contributed by atoms with Gasteiger partial charge in [-0.3, -0.25) is 0 Å². The van der Waals surface area contributed by atoms with Crippen LogP contribution in [0.25, 0.3) is 6.08 Å². The molecule has 0 aromatic heterocycles. The first-order valence-electron chi connectivity index (χ1n) is 9.06. The van der Waals surface area contributed by atoms with Crippen molar-refractivity contribution in [1.29, 1.82) is 0 Å². The molecule has 0 bridgehead atoms. The summed E-state index contributed by atoms with van der Waals surface area (Å²) < 4.78 is 21.6. The molecule has 0 fully saturated rings. The van der Waals surface area contributed by atoms with E-state index in [4.69, 9.17) is 18.9 Å². The highest BCUT2D eigenvalue weighted by atomic mass is 16.5. The van der Waals surface area contributed by atoms with Gasteiger partial charge < -0.3 is 18.9 Å². The fourth-order valence-electron chi connectivity index (χ4n) is 2.65. The van der Waals surface area contributed by atoms with Crippen molar-refractivity contribution in [3.8, 4) is 23.0 Å². The van der Waals surface area contributed by atoms with Gasteiger partial charge in [0.2, 0.25) is 0 Å². The van der Waals surface area contributed by atoms with E-state index in [2.05, 4.69) is 0 Å². The van der Waals surface area contributed by atoms with E-state index in [0.717, 1.165) is 16.9 Å². The van der Waals surface area contributed by atoms with Gasteiger partial charge in [-0.25, -0.2) is 4.79 Å². The van der Waals surface area contributed by atoms with Gasteiger partial charge in [0, 0.05) is 6.08 Å². The molecule has 5 nitrogen and oxygen atoms in total. The van der Waals surface area contributed by atoms with E-state index in [0.29, 0.717) is 17.2 Å². The van der Waals surface area contributed by atoms with E-state index in [1.807, 2.05) is 60.7 Å². The number of esters is 1. The molecule has 0 atom stereocenters. The van der Waals surface area contributed by atoms with Crippen LogP contribution in [0.1, 0.15) is 11.1 Å². The summed E-state index contributed by atoms with van der Waals surface area (Å²) in [5.41, 5.74) is 1.64. The van der Waals surface area contributed by atoms with E-state index in [-0.39, 0.29) is 6.61 Å². The number of ether oxygens (including phenoxy) is 4. The molecule has 0 amide bonds. The maximum Gasteiger partial charge on any atom is 0.331 e. The highest BCUT2D eigenvalue weighted by Crippen LogP contribution is 2.28. The summed E-state index contributed by atoms with van der Waals surface area (Å²) in [7, 11) is 3.14. The first kappa shape index (κ1) is 20.0. The summed E-state index contributed by atoms with van der Waals surface area (Å²) in [5, 5.41) is 0. The molecule has 0 aliphatic rings. The van der Waals surface area contributed by atoms with Crippen molar-refractivity contribution in [2.45, 2.75) is 6.61 Å². The van der Waals surface area contributed by atoms with Crippen LogP contribution in [0.5, 0.6) is 23.0 Å². The second kappa shape index (κ2) is 9.99. The molecule has 0 aliphatic carbocycles. The molecule has 0 radical (unpaired) electrons. The van der Waals surface area contributed by atoms with Crippen LogP contribution in [0.2, 0.25) is 0 Å². The number of carbonyl (C=O) groups is 1. The minimum atomic E-state index is -0.436. The summed E-state index contributed by atoms with van der Waals surface area (Å²) in [6.45, 7) is 0.154. The molecule has 0 saturated heterocycles. The summed E-state index contributed by atoms with van der Waals surface area (Å²) in [6.07, 6.45) is 3.05. The van der Waals surface area contributed by atoms with Gasteiger partial charge in [-0.2, -0.15) is 0 Å². The van der Waals surface area contributed by atoms with Crippen molar-refractivity contribution in [2.75, 3.05) is 14.2 Å². The van der Waals surface area contributed by atoms with Gasteiger partial charge in [0.15, 0.2) is 11.5 Å². The van der Waals surface area contributed by atoms with E-state index in [1.165, 1.54) is 6.08 Å². The normalized spacial score (nSPS) is 10.6. The molecule has 0 aliphatic heterocycles. The van der Waals surface area contributed by atoms with Crippen LogP contribution in [0.15, 0.2) is 78.9 Å². The van der Waals surface area contributed by atoms with Crippen LogP contribution in [0.3, 0.4) is 0 Å². The summed E-state index contributed by atoms with van der Waals surface area (Å²) in [5.74, 6) is 2.22. The number of hydrogen-bond donors (Lipinski definition) is 0. The smallest absolute Gasteiger partial charge is 0.331 e. The van der Waals surface area contributed by atoms with Crippen LogP contribution < -0.4 is 14.2 Å². The predicted octanol–water partition coefficient (Wildman–Crippen LogP) is 5.25. The van der Waals surface area contributed by atoms with Crippen molar-refractivity contribution in [2.24, 2.45) is 0 Å². The Balaban J connectivity index is 1.56. The van der Waals surface area contributed by atoms with Gasteiger partial charge >= 0.3 is 5.97 Å². The van der Waals surface area contributed by atoms with Gasteiger partial charge in [0.05, 0.1) is 14.2 Å². The van der Waals surface area contributed by atoms with Gasteiger partial charge in [0.1, 0.15) is 18.1 Å². The molecular formula is C24H22O5. The standard InChI is InChI=1S/C24H22O5/c1-26-22-13-11-18(16-23(22)27-2)12-14-24(25)28-17-19-7-6-10-21(15-19)29-20-8-4-3-5-9-20/h3-16H,17H2,1-2H3/b14-12+. The zero-order valence-electron chi connectivity index (χ0n) is 16.3. The number of para-hydroxylation sites is 1. The quantitative estimate of drug-likeness (QED) is 0.388. The number of methoxy groups -OCH3 is 2. The van der Waals surface area contributed by atoms with Crippen LogP contribution in [0, 0.1) is 0 Å². The summed E-state index contributed by atoms with van der Waals surface area (Å²) in [4.78, 5) is 12.0. The third-order valence-electron chi connectivity index (χ3n) is 4.08. The second-order valence-corrected chi connectivity index (χ2v) is 6.12. The zero-order chi connectivity index (χ0) is 20.5. The van der Waals surface area contributed by atoms with E-state index in [1.54, 1.807) is 32.4 Å². The van der Waals surface area contributed by atoms with Crippen molar-refractivity contribution in [3.05, 3.63) is 90.0 Å². The van der Waals surface area contributed by atoms with Crippen LogP contribution in [-0.4, -0.2) is 20.2 Å². The summed E-state index contributed by atoms with van der Waals surface area (Å²) >= 11 is 0. The first-order valence-corrected chi connectivity index (χ1v) is 9.06. The molecule has 3 rings (SSSR count). The zero-order valence-corrected chi connectivity index (χ0v) is 16.3. The van der Waals surface area contributed by atoms with Crippen LogP contribution in [0.4, 0.5) is 0 Å². The Bertz CT molecular complexity index is 980. The maximum atomic E-state index is 12.0. The Morgan fingerprint density at radius 2 is 1.59 bits per heavy atom. The molecular weight excluding hydrogens is 368 g/mol. The Hall–Kier alpha value is -3.73. The SMILES string of the molecule is COc1ccc(/C=C/C(=O)OCc2cccc(Oc3ccccc3)c2)cc1OC. The highest BCUT2D eigenvalue weighted by Gasteiger charge is 2.05. The second-order valence-electron chi connectivity index (χ2n) is 6.12. The van der Waals surface area contributed by atoms with Gasteiger partial charge in [-0.05, 0) is 53.6 Å².